The molecule has 0 saturated heterocycles. The van der Waals surface area contributed by atoms with Gasteiger partial charge < -0.3 is 5.73 Å². The highest BCUT2D eigenvalue weighted by molar-refractivity contribution is 7.10. The molecular weight excluding hydrogens is 272 g/mol. The maximum atomic E-state index is 6.29. The molecule has 19 heavy (non-hydrogen) atoms. The summed E-state index contributed by atoms with van der Waals surface area (Å²) in [6.45, 7) is 6.49. The molecule has 0 saturated carbocycles. The summed E-state index contributed by atoms with van der Waals surface area (Å²) in [4.78, 5) is 5.55. The first-order valence-corrected chi connectivity index (χ1v) is 8.51. The van der Waals surface area contributed by atoms with E-state index in [1.165, 1.54) is 22.4 Å². The average Bonchev–Trinajstić information content (AvgIpc) is 2.98. The number of nitrogens with zero attached hydrogens (tertiary/aromatic N) is 1. The Kier molecular flexibility index (Phi) is 3.76. The maximum absolute atomic E-state index is 6.29. The topological polar surface area (TPSA) is 29.3 Å². The molecule has 1 aliphatic heterocycles. The van der Waals surface area contributed by atoms with Crippen molar-refractivity contribution in [2.24, 2.45) is 5.73 Å². The van der Waals surface area contributed by atoms with Gasteiger partial charge in [-0.3, -0.25) is 4.90 Å². The minimum absolute atomic E-state index is 0.164. The summed E-state index contributed by atoms with van der Waals surface area (Å²) in [6, 6.07) is 4.99. The second-order valence-electron chi connectivity index (χ2n) is 5.36. The van der Waals surface area contributed by atoms with Gasteiger partial charge in [0, 0.05) is 28.9 Å². The van der Waals surface area contributed by atoms with Gasteiger partial charge in [0.15, 0.2) is 0 Å². The van der Waals surface area contributed by atoms with Crippen molar-refractivity contribution < 1.29 is 0 Å². The summed E-state index contributed by atoms with van der Waals surface area (Å²) in [7, 11) is 0. The zero-order chi connectivity index (χ0) is 13.4. The summed E-state index contributed by atoms with van der Waals surface area (Å²) in [5.74, 6) is 0. The highest BCUT2D eigenvalue weighted by Crippen LogP contribution is 2.35. The molecule has 0 amide bonds. The first-order valence-electron chi connectivity index (χ1n) is 6.75. The third-order valence-corrected chi connectivity index (χ3v) is 6.01. The van der Waals surface area contributed by atoms with Crippen molar-refractivity contribution in [3.8, 4) is 0 Å². The first kappa shape index (κ1) is 13.3. The van der Waals surface area contributed by atoms with E-state index in [1.54, 1.807) is 4.88 Å². The second-order valence-corrected chi connectivity index (χ2v) is 7.31. The Hall–Kier alpha value is -0.680. The van der Waals surface area contributed by atoms with E-state index in [9.17, 15) is 0 Å². The predicted molar refractivity (Wildman–Crippen MR) is 83.9 cm³/mol. The lowest BCUT2D eigenvalue weighted by molar-refractivity contribution is 0.163. The van der Waals surface area contributed by atoms with Crippen LogP contribution in [0.2, 0.25) is 0 Å². The van der Waals surface area contributed by atoms with Crippen LogP contribution >= 0.6 is 22.7 Å². The number of nitrogens with two attached hydrogens (primary N) is 1. The van der Waals surface area contributed by atoms with Crippen molar-refractivity contribution in [1.29, 1.82) is 0 Å². The Morgan fingerprint density at radius 3 is 2.74 bits per heavy atom. The molecule has 2 unspecified atom stereocenters. The van der Waals surface area contributed by atoms with E-state index in [0.29, 0.717) is 6.04 Å². The Morgan fingerprint density at radius 2 is 2.05 bits per heavy atom. The van der Waals surface area contributed by atoms with E-state index >= 15 is 0 Å². The zero-order valence-electron chi connectivity index (χ0n) is 11.4. The smallest absolute Gasteiger partial charge is 0.0596 e. The Balaban J connectivity index is 1.89. The molecule has 0 aromatic carbocycles. The highest BCUT2D eigenvalue weighted by Gasteiger charge is 2.29. The number of thiophene rings is 2. The summed E-state index contributed by atoms with van der Waals surface area (Å²) >= 11 is 3.74. The molecule has 2 aromatic heterocycles. The molecule has 1 aliphatic rings. The number of aryl methyl sites for hydroxylation is 1. The largest absolute Gasteiger partial charge is 0.326 e. The molecule has 102 valence electrons. The van der Waals surface area contributed by atoms with Crippen molar-refractivity contribution in [2.45, 2.75) is 38.9 Å². The van der Waals surface area contributed by atoms with Gasteiger partial charge >= 0.3 is 0 Å². The zero-order valence-corrected chi connectivity index (χ0v) is 13.1. The van der Waals surface area contributed by atoms with Crippen molar-refractivity contribution in [3.05, 3.63) is 43.8 Å². The van der Waals surface area contributed by atoms with Crippen LogP contribution < -0.4 is 5.73 Å². The van der Waals surface area contributed by atoms with Gasteiger partial charge in [0.05, 0.1) is 6.04 Å². The van der Waals surface area contributed by atoms with Crippen LogP contribution in [0, 0.1) is 6.92 Å². The normalized spacial score (nSPS) is 19.1. The molecule has 3 heterocycles. The minimum atomic E-state index is 0.164. The van der Waals surface area contributed by atoms with Crippen molar-refractivity contribution >= 4 is 22.7 Å². The fraction of sp³-hybridized carbons (Fsp3) is 0.467. The molecule has 0 bridgehead atoms. The third-order valence-electron chi connectivity index (χ3n) is 3.90. The van der Waals surface area contributed by atoms with Crippen LogP contribution in [0.15, 0.2) is 22.9 Å². The van der Waals surface area contributed by atoms with Gasteiger partial charge in [-0.25, -0.2) is 0 Å². The van der Waals surface area contributed by atoms with Gasteiger partial charge in [-0.1, -0.05) is 0 Å². The van der Waals surface area contributed by atoms with Gasteiger partial charge in [0.25, 0.3) is 0 Å². The molecule has 0 spiro atoms. The lowest BCUT2D eigenvalue weighted by Gasteiger charge is -2.36. The fourth-order valence-corrected chi connectivity index (χ4v) is 5.00. The van der Waals surface area contributed by atoms with Crippen LogP contribution in [0.5, 0.6) is 0 Å². The molecule has 0 fully saturated rings. The first-order chi connectivity index (χ1) is 9.16. The predicted octanol–water partition coefficient (Wildman–Crippen LogP) is 3.56. The van der Waals surface area contributed by atoms with Crippen molar-refractivity contribution in [2.75, 3.05) is 6.54 Å². The maximum Gasteiger partial charge on any atom is 0.0596 e. The van der Waals surface area contributed by atoms with E-state index in [0.717, 1.165) is 13.1 Å². The summed E-state index contributed by atoms with van der Waals surface area (Å²) in [6.07, 6.45) is 1.17. The highest BCUT2D eigenvalue weighted by atomic mass is 32.1. The second kappa shape index (κ2) is 5.37. The molecule has 2 atom stereocenters. The molecule has 3 rings (SSSR count). The monoisotopic (exact) mass is 292 g/mol. The van der Waals surface area contributed by atoms with Gasteiger partial charge in [0.1, 0.15) is 0 Å². The van der Waals surface area contributed by atoms with Crippen LogP contribution in [-0.2, 0) is 13.0 Å². The SMILES string of the molecule is Cc1ccsc1C(C(C)N)N1CCc2sccc2C1. The van der Waals surface area contributed by atoms with Gasteiger partial charge in [-0.15, -0.1) is 22.7 Å². The quantitative estimate of drug-likeness (QED) is 0.937. The Bertz CT molecular complexity index is 556. The van der Waals surface area contributed by atoms with E-state index < -0.39 is 0 Å². The number of hydrogen-bond donors (Lipinski definition) is 1. The van der Waals surface area contributed by atoms with Crippen LogP contribution in [0.3, 0.4) is 0 Å². The number of rotatable bonds is 3. The van der Waals surface area contributed by atoms with E-state index in [1.807, 2.05) is 22.7 Å². The van der Waals surface area contributed by atoms with Crippen molar-refractivity contribution in [1.82, 2.24) is 4.90 Å². The average molecular weight is 292 g/mol. The molecule has 2 aromatic rings. The number of fused-ring (bicyclic) bond motifs is 1. The molecule has 0 radical (unpaired) electrons. The number of hydrogen-bond acceptors (Lipinski definition) is 4. The molecular formula is C15H20N2S2. The van der Waals surface area contributed by atoms with Crippen LogP contribution in [0.1, 0.15) is 33.8 Å². The third kappa shape index (κ3) is 2.50. The summed E-state index contributed by atoms with van der Waals surface area (Å²) in [5, 5.41) is 4.39. The van der Waals surface area contributed by atoms with E-state index in [2.05, 4.69) is 41.6 Å². The minimum Gasteiger partial charge on any atom is -0.326 e. The van der Waals surface area contributed by atoms with Crippen LogP contribution in [0.25, 0.3) is 0 Å². The summed E-state index contributed by atoms with van der Waals surface area (Å²) in [5.41, 5.74) is 9.17. The van der Waals surface area contributed by atoms with Crippen LogP contribution in [0.4, 0.5) is 0 Å². The fourth-order valence-electron chi connectivity index (χ4n) is 2.93. The van der Waals surface area contributed by atoms with E-state index in [-0.39, 0.29) is 6.04 Å². The van der Waals surface area contributed by atoms with Gasteiger partial charge in [-0.2, -0.15) is 0 Å². The Labute approximate surface area is 122 Å². The molecule has 2 nitrogen and oxygen atoms in total. The van der Waals surface area contributed by atoms with Crippen molar-refractivity contribution in [3.63, 3.8) is 0 Å². The van der Waals surface area contributed by atoms with Gasteiger partial charge in [0.2, 0.25) is 0 Å². The Morgan fingerprint density at radius 1 is 1.26 bits per heavy atom. The standard InChI is InChI=1S/C15H20N2S2/c1-10-4-7-19-15(10)14(11(2)16)17-6-3-13-12(9-17)5-8-18-13/h4-5,7-8,11,14H,3,6,9,16H2,1-2H3. The lowest BCUT2D eigenvalue weighted by Crippen LogP contribution is -2.41. The molecule has 4 heteroatoms. The van der Waals surface area contributed by atoms with E-state index in [4.69, 9.17) is 5.73 Å². The summed E-state index contributed by atoms with van der Waals surface area (Å²) < 4.78 is 0. The lowest BCUT2D eigenvalue weighted by atomic mass is 10.0. The van der Waals surface area contributed by atoms with Crippen LogP contribution in [-0.4, -0.2) is 17.5 Å². The molecule has 0 aliphatic carbocycles. The molecule has 2 N–H and O–H groups in total. The van der Waals surface area contributed by atoms with Gasteiger partial charge in [-0.05, 0) is 54.3 Å².